The lowest BCUT2D eigenvalue weighted by Gasteiger charge is -2.17. The van der Waals surface area contributed by atoms with Crippen LogP contribution in [0.2, 0.25) is 0 Å². The highest BCUT2D eigenvalue weighted by atomic mass is 16.5. The summed E-state index contributed by atoms with van der Waals surface area (Å²) in [5.41, 5.74) is 3.42. The van der Waals surface area contributed by atoms with Gasteiger partial charge in [-0.1, -0.05) is 12.1 Å². The van der Waals surface area contributed by atoms with Crippen LogP contribution in [0.5, 0.6) is 0 Å². The molecule has 1 aliphatic rings. The van der Waals surface area contributed by atoms with E-state index in [1.54, 1.807) is 30.3 Å². The highest BCUT2D eigenvalue weighted by Gasteiger charge is 2.38. The van der Waals surface area contributed by atoms with Crippen LogP contribution in [0.3, 0.4) is 0 Å². The summed E-state index contributed by atoms with van der Waals surface area (Å²) in [7, 11) is 0. The van der Waals surface area contributed by atoms with Crippen LogP contribution in [0.4, 0.5) is 11.4 Å². The number of benzene rings is 3. The van der Waals surface area contributed by atoms with Crippen LogP contribution in [0.25, 0.3) is 0 Å². The Kier molecular flexibility index (Phi) is 5.94. The molecular weight excluding hydrogens is 434 g/mol. The smallest absolute Gasteiger partial charge is 0.338 e. The summed E-state index contributed by atoms with van der Waals surface area (Å²) in [5, 5.41) is 11.4. The predicted molar refractivity (Wildman–Crippen MR) is 124 cm³/mol. The minimum absolute atomic E-state index is 0.0499. The molecule has 3 aromatic carbocycles. The van der Waals surface area contributed by atoms with Crippen molar-refractivity contribution < 1.29 is 23.9 Å². The van der Waals surface area contributed by atoms with E-state index in [1.807, 2.05) is 32.0 Å². The lowest BCUT2D eigenvalue weighted by atomic mass is 10.1. The molecule has 0 atom stereocenters. The van der Waals surface area contributed by atoms with Crippen LogP contribution in [-0.2, 0) is 9.53 Å². The van der Waals surface area contributed by atoms with Gasteiger partial charge in [0.25, 0.3) is 17.7 Å². The molecule has 0 unspecified atom stereocenters. The third kappa shape index (κ3) is 4.27. The van der Waals surface area contributed by atoms with Crippen LogP contribution < -0.4 is 10.2 Å². The SMILES string of the molecule is Cc1ccc(C)c(N2C(=O)c3ccc(C(=O)OCC(=O)Nc4ccc(C#N)cc4)cc3C2=O)c1. The molecule has 0 fully saturated rings. The summed E-state index contributed by atoms with van der Waals surface area (Å²) in [5.74, 6) is -2.35. The van der Waals surface area contributed by atoms with E-state index in [9.17, 15) is 19.2 Å². The second kappa shape index (κ2) is 9.00. The molecule has 0 radical (unpaired) electrons. The first-order valence-electron chi connectivity index (χ1n) is 10.4. The fourth-order valence-corrected chi connectivity index (χ4v) is 3.59. The number of esters is 1. The van der Waals surface area contributed by atoms with E-state index in [-0.39, 0.29) is 16.7 Å². The molecule has 4 rings (SSSR count). The standard InChI is InChI=1S/C26H19N3O5/c1-15-3-4-16(2)22(11-15)29-24(31)20-10-7-18(12-21(20)25(29)32)26(33)34-14-23(30)28-19-8-5-17(13-27)6-9-19/h3-12H,14H2,1-2H3,(H,28,30). The number of nitrogens with zero attached hydrogens (tertiary/aromatic N) is 2. The number of fused-ring (bicyclic) bond motifs is 1. The number of imide groups is 1. The average Bonchev–Trinajstić information content (AvgIpc) is 3.08. The van der Waals surface area contributed by atoms with E-state index in [0.29, 0.717) is 16.9 Å². The molecule has 8 nitrogen and oxygen atoms in total. The number of aryl methyl sites for hydroxylation is 2. The Hall–Kier alpha value is -4.77. The minimum atomic E-state index is -0.803. The first-order valence-corrected chi connectivity index (χ1v) is 10.4. The molecule has 0 aliphatic carbocycles. The molecule has 8 heteroatoms. The van der Waals surface area contributed by atoms with Crippen molar-refractivity contribution in [3.8, 4) is 6.07 Å². The van der Waals surface area contributed by atoms with Crippen LogP contribution in [0.1, 0.15) is 47.8 Å². The average molecular weight is 453 g/mol. The van der Waals surface area contributed by atoms with Crippen molar-refractivity contribution in [2.24, 2.45) is 0 Å². The van der Waals surface area contributed by atoms with E-state index < -0.39 is 30.3 Å². The van der Waals surface area contributed by atoms with E-state index in [2.05, 4.69) is 5.32 Å². The maximum absolute atomic E-state index is 13.0. The Labute approximate surface area is 195 Å². The quantitative estimate of drug-likeness (QED) is 0.464. The molecular formula is C26H19N3O5. The van der Waals surface area contributed by atoms with Gasteiger partial charge in [-0.15, -0.1) is 0 Å². The van der Waals surface area contributed by atoms with Crippen LogP contribution in [0.15, 0.2) is 60.7 Å². The summed E-state index contributed by atoms with van der Waals surface area (Å²) < 4.78 is 5.06. The van der Waals surface area contributed by atoms with Gasteiger partial charge in [-0.05, 0) is 73.5 Å². The van der Waals surface area contributed by atoms with Gasteiger partial charge in [0.05, 0.1) is 34.0 Å². The Balaban J connectivity index is 1.45. The van der Waals surface area contributed by atoms with Crippen molar-refractivity contribution in [2.45, 2.75) is 13.8 Å². The molecule has 0 aromatic heterocycles. The molecule has 1 N–H and O–H groups in total. The predicted octanol–water partition coefficient (Wildman–Crippen LogP) is 3.77. The number of ether oxygens (including phenoxy) is 1. The molecule has 3 amide bonds. The van der Waals surface area contributed by atoms with Gasteiger partial charge in [-0.3, -0.25) is 14.4 Å². The fraction of sp³-hybridized carbons (Fsp3) is 0.115. The third-order valence-corrected chi connectivity index (χ3v) is 5.36. The number of carbonyl (C=O) groups excluding carboxylic acids is 4. The van der Waals surface area contributed by atoms with Crippen molar-refractivity contribution >= 4 is 35.1 Å². The van der Waals surface area contributed by atoms with Gasteiger partial charge in [0.2, 0.25) is 0 Å². The fourth-order valence-electron chi connectivity index (χ4n) is 3.59. The zero-order valence-corrected chi connectivity index (χ0v) is 18.4. The molecule has 1 heterocycles. The van der Waals surface area contributed by atoms with Gasteiger partial charge >= 0.3 is 5.97 Å². The summed E-state index contributed by atoms with van der Waals surface area (Å²) in [4.78, 5) is 51.6. The molecule has 0 saturated carbocycles. The number of nitriles is 1. The molecule has 34 heavy (non-hydrogen) atoms. The van der Waals surface area contributed by atoms with Crippen LogP contribution >= 0.6 is 0 Å². The molecule has 0 spiro atoms. The van der Waals surface area contributed by atoms with Crippen molar-refractivity contribution in [3.63, 3.8) is 0 Å². The second-order valence-corrected chi connectivity index (χ2v) is 7.81. The van der Waals surface area contributed by atoms with Crippen LogP contribution in [-0.4, -0.2) is 30.3 Å². The molecule has 3 aromatic rings. The van der Waals surface area contributed by atoms with E-state index >= 15 is 0 Å². The highest BCUT2D eigenvalue weighted by molar-refractivity contribution is 6.35. The Bertz CT molecular complexity index is 1390. The Morgan fingerprint density at radius 2 is 1.65 bits per heavy atom. The van der Waals surface area contributed by atoms with Crippen LogP contribution in [0, 0.1) is 25.2 Å². The van der Waals surface area contributed by atoms with Crippen molar-refractivity contribution in [2.75, 3.05) is 16.8 Å². The van der Waals surface area contributed by atoms with E-state index in [0.717, 1.165) is 16.0 Å². The minimum Gasteiger partial charge on any atom is -0.452 e. The number of rotatable bonds is 5. The number of amides is 3. The third-order valence-electron chi connectivity index (χ3n) is 5.36. The maximum Gasteiger partial charge on any atom is 0.338 e. The molecule has 0 saturated heterocycles. The molecule has 1 aliphatic heterocycles. The number of hydrogen-bond donors (Lipinski definition) is 1. The van der Waals surface area contributed by atoms with Gasteiger partial charge in [0, 0.05) is 5.69 Å². The summed E-state index contributed by atoms with van der Waals surface area (Å²) in [6.45, 7) is 3.13. The lowest BCUT2D eigenvalue weighted by Crippen LogP contribution is -2.30. The molecule has 168 valence electrons. The van der Waals surface area contributed by atoms with Gasteiger partial charge in [0.15, 0.2) is 6.61 Å². The van der Waals surface area contributed by atoms with E-state index in [4.69, 9.17) is 10.00 Å². The number of hydrogen-bond acceptors (Lipinski definition) is 6. The van der Waals surface area contributed by atoms with Gasteiger partial charge < -0.3 is 10.1 Å². The van der Waals surface area contributed by atoms with Crippen molar-refractivity contribution in [1.82, 2.24) is 0 Å². The Morgan fingerprint density at radius 1 is 0.941 bits per heavy atom. The zero-order chi connectivity index (χ0) is 24.4. The second-order valence-electron chi connectivity index (χ2n) is 7.81. The van der Waals surface area contributed by atoms with Crippen molar-refractivity contribution in [3.05, 3.63) is 94.0 Å². The van der Waals surface area contributed by atoms with Crippen molar-refractivity contribution in [1.29, 1.82) is 5.26 Å². The first kappa shape index (κ1) is 22.4. The highest BCUT2D eigenvalue weighted by Crippen LogP contribution is 2.31. The number of anilines is 2. The van der Waals surface area contributed by atoms with Gasteiger partial charge in [-0.2, -0.15) is 5.26 Å². The molecule has 0 bridgehead atoms. The summed E-state index contributed by atoms with van der Waals surface area (Å²) in [6.07, 6.45) is 0. The first-order chi connectivity index (χ1) is 16.3. The number of carbonyl (C=O) groups is 4. The largest absolute Gasteiger partial charge is 0.452 e. The normalized spacial score (nSPS) is 12.2. The summed E-state index contributed by atoms with van der Waals surface area (Å²) >= 11 is 0. The topological polar surface area (TPSA) is 117 Å². The number of nitrogens with one attached hydrogen (secondary N) is 1. The lowest BCUT2D eigenvalue weighted by molar-refractivity contribution is -0.119. The Morgan fingerprint density at radius 3 is 2.35 bits per heavy atom. The van der Waals surface area contributed by atoms with Gasteiger partial charge in [0.1, 0.15) is 0 Å². The maximum atomic E-state index is 13.0. The summed E-state index contributed by atoms with van der Waals surface area (Å²) in [6, 6.07) is 17.8. The monoisotopic (exact) mass is 453 g/mol. The van der Waals surface area contributed by atoms with E-state index in [1.165, 1.54) is 18.2 Å². The zero-order valence-electron chi connectivity index (χ0n) is 18.4. The van der Waals surface area contributed by atoms with Gasteiger partial charge in [-0.25, -0.2) is 9.69 Å².